The summed E-state index contributed by atoms with van der Waals surface area (Å²) in [5, 5.41) is 24.8. The zero-order valence-electron chi connectivity index (χ0n) is 31.8. The van der Waals surface area contributed by atoms with E-state index in [2.05, 4.69) is 12.2 Å². The second-order valence-electron chi connectivity index (χ2n) is 11.3. The second kappa shape index (κ2) is 36.8. The molecule has 0 aromatic heterocycles. The van der Waals surface area contributed by atoms with Gasteiger partial charge in [0.05, 0.1) is 148 Å². The highest BCUT2D eigenvalue weighted by molar-refractivity contribution is 5.69. The number of ether oxygens (including phenoxy) is 11. The highest BCUT2D eigenvalue weighted by Gasteiger charge is 2.19. The molecule has 0 aliphatic carbocycles. The Hall–Kier alpha value is -3.11. The van der Waals surface area contributed by atoms with Gasteiger partial charge < -0.3 is 57.4 Å². The van der Waals surface area contributed by atoms with Crippen LogP contribution in [0.2, 0.25) is 0 Å². The minimum absolute atomic E-state index is 0.165. The molecule has 0 atom stereocenters. The Labute approximate surface area is 317 Å². The molecule has 1 aromatic rings. The first kappa shape index (κ1) is 48.9. The molecule has 0 saturated carbocycles. The van der Waals surface area contributed by atoms with Crippen LogP contribution in [0.1, 0.15) is 39.0 Å². The molecule has 0 amide bonds. The summed E-state index contributed by atoms with van der Waals surface area (Å²) < 4.78 is 59.6. The predicted octanol–water partition coefficient (Wildman–Crippen LogP) is 3.59. The molecule has 312 valence electrons. The van der Waals surface area contributed by atoms with Crippen LogP contribution in [-0.2, 0) is 56.9 Å². The van der Waals surface area contributed by atoms with E-state index in [4.69, 9.17) is 52.1 Å². The van der Waals surface area contributed by atoms with Crippen molar-refractivity contribution in [2.24, 2.45) is 0 Å². The van der Waals surface area contributed by atoms with E-state index in [0.29, 0.717) is 132 Å². The number of nitrogens with one attached hydrogen (secondary N) is 1. The minimum Gasteiger partial charge on any atom is -0.463 e. The fourth-order valence-corrected chi connectivity index (χ4v) is 4.26. The zero-order chi connectivity index (χ0) is 39.2. The SMILES string of the molecule is CCCCCCC(=O)OCCOCCOCCOCCOCCOCCOCCOCCOCCOCCOCCNc1ccc([N+](=O)[O-])cc1[N+](=O)[O-]. The fourth-order valence-electron chi connectivity index (χ4n) is 4.26. The van der Waals surface area contributed by atoms with Crippen molar-refractivity contribution < 1.29 is 66.7 Å². The number of hydrogen-bond donors (Lipinski definition) is 1. The maximum absolute atomic E-state index is 11.6. The highest BCUT2D eigenvalue weighted by Crippen LogP contribution is 2.28. The van der Waals surface area contributed by atoms with E-state index >= 15 is 0 Å². The van der Waals surface area contributed by atoms with E-state index < -0.39 is 9.85 Å². The summed E-state index contributed by atoms with van der Waals surface area (Å²) in [4.78, 5) is 32.2. The molecule has 0 spiro atoms. The molecule has 1 rings (SSSR count). The number of benzene rings is 1. The molecule has 0 saturated heterocycles. The number of rotatable bonds is 41. The summed E-state index contributed by atoms with van der Waals surface area (Å²) >= 11 is 0. The second-order valence-corrected chi connectivity index (χ2v) is 11.3. The van der Waals surface area contributed by atoms with E-state index in [1.807, 2.05) is 0 Å². The van der Waals surface area contributed by atoms with Crippen LogP contribution in [0.15, 0.2) is 18.2 Å². The van der Waals surface area contributed by atoms with E-state index in [9.17, 15) is 25.0 Å². The Kier molecular flexibility index (Phi) is 33.4. The van der Waals surface area contributed by atoms with Crippen LogP contribution in [-0.4, -0.2) is 161 Å². The monoisotopic (exact) mass is 779 g/mol. The summed E-state index contributed by atoms with van der Waals surface area (Å²) in [5.74, 6) is -0.165. The third-order valence-corrected chi connectivity index (χ3v) is 7.02. The fraction of sp³-hybridized carbons (Fsp3) is 0.800. The van der Waals surface area contributed by atoms with Crippen molar-refractivity contribution in [2.75, 3.05) is 151 Å². The number of anilines is 1. The lowest BCUT2D eigenvalue weighted by atomic mass is 10.2. The lowest BCUT2D eigenvalue weighted by Gasteiger charge is -2.09. The number of nitro benzene ring substituents is 2. The van der Waals surface area contributed by atoms with Crippen molar-refractivity contribution in [3.8, 4) is 0 Å². The quantitative estimate of drug-likeness (QED) is 0.0435. The van der Waals surface area contributed by atoms with Gasteiger partial charge in [0, 0.05) is 19.0 Å². The summed E-state index contributed by atoms with van der Waals surface area (Å²) in [5.41, 5.74) is -0.534. The Morgan fingerprint density at radius 1 is 0.537 bits per heavy atom. The molecule has 0 bridgehead atoms. The lowest BCUT2D eigenvalue weighted by Crippen LogP contribution is -2.16. The molecule has 0 aliphatic heterocycles. The minimum atomic E-state index is -0.683. The van der Waals surface area contributed by atoms with Crippen LogP contribution >= 0.6 is 0 Å². The average molecular weight is 780 g/mol. The van der Waals surface area contributed by atoms with Gasteiger partial charge in [-0.15, -0.1) is 0 Å². The van der Waals surface area contributed by atoms with Crippen molar-refractivity contribution in [1.29, 1.82) is 0 Å². The molecule has 54 heavy (non-hydrogen) atoms. The number of carbonyl (C=O) groups is 1. The van der Waals surface area contributed by atoms with Crippen LogP contribution in [0.3, 0.4) is 0 Å². The zero-order valence-corrected chi connectivity index (χ0v) is 31.8. The van der Waals surface area contributed by atoms with Crippen molar-refractivity contribution in [3.63, 3.8) is 0 Å². The van der Waals surface area contributed by atoms with Crippen LogP contribution in [0.25, 0.3) is 0 Å². The molecular formula is C35H61N3O16. The predicted molar refractivity (Wildman–Crippen MR) is 196 cm³/mol. The molecule has 0 radical (unpaired) electrons. The topological polar surface area (TPSA) is 217 Å². The van der Waals surface area contributed by atoms with Gasteiger partial charge in [0.1, 0.15) is 12.3 Å². The first-order valence-electron chi connectivity index (χ1n) is 18.6. The van der Waals surface area contributed by atoms with E-state index in [0.717, 1.165) is 31.7 Å². The molecule has 0 unspecified atom stereocenters. The average Bonchev–Trinajstić information content (AvgIpc) is 3.16. The van der Waals surface area contributed by atoms with E-state index in [1.165, 1.54) is 12.1 Å². The molecule has 0 heterocycles. The van der Waals surface area contributed by atoms with Crippen molar-refractivity contribution in [2.45, 2.75) is 39.0 Å². The Morgan fingerprint density at radius 3 is 1.30 bits per heavy atom. The summed E-state index contributed by atoms with van der Waals surface area (Å²) in [7, 11) is 0. The maximum Gasteiger partial charge on any atom is 0.305 e. The largest absolute Gasteiger partial charge is 0.463 e. The number of hydrogen-bond acceptors (Lipinski definition) is 17. The number of nitrogens with zero attached hydrogens (tertiary/aromatic N) is 2. The summed E-state index contributed by atoms with van der Waals surface area (Å²) in [6.07, 6.45) is 4.70. The van der Waals surface area contributed by atoms with Gasteiger partial charge in [-0.05, 0) is 12.5 Å². The first-order valence-corrected chi connectivity index (χ1v) is 18.6. The van der Waals surface area contributed by atoms with Gasteiger partial charge in [-0.2, -0.15) is 0 Å². The van der Waals surface area contributed by atoms with Crippen molar-refractivity contribution >= 4 is 23.0 Å². The standard InChI is InChI=1S/C35H61N3O16/c1-2-3-4-5-6-35(39)54-30-29-53-28-27-52-26-25-51-24-23-50-22-21-49-20-19-48-18-17-47-16-15-46-14-13-45-12-11-44-10-9-36-33-8-7-32(37(40)41)31-34(33)38(42)43/h7-8,31,36H,2-6,9-30H2,1H3. The van der Waals surface area contributed by atoms with E-state index in [-0.39, 0.29) is 42.8 Å². The third-order valence-electron chi connectivity index (χ3n) is 7.02. The molecular weight excluding hydrogens is 718 g/mol. The molecule has 0 fully saturated rings. The summed E-state index contributed by atoms with van der Waals surface area (Å²) in [6, 6.07) is 3.42. The van der Waals surface area contributed by atoms with Crippen LogP contribution in [0.4, 0.5) is 17.1 Å². The Bertz CT molecular complexity index is 1070. The number of carbonyl (C=O) groups excluding carboxylic acids is 1. The van der Waals surface area contributed by atoms with Gasteiger partial charge in [-0.1, -0.05) is 26.2 Å². The number of nitro groups is 2. The van der Waals surface area contributed by atoms with Gasteiger partial charge >= 0.3 is 5.97 Å². The lowest BCUT2D eigenvalue weighted by molar-refractivity contribution is -0.393. The maximum atomic E-state index is 11.6. The molecule has 19 nitrogen and oxygen atoms in total. The van der Waals surface area contributed by atoms with Gasteiger partial charge in [0.2, 0.25) is 0 Å². The molecule has 19 heteroatoms. The molecule has 1 N–H and O–H groups in total. The number of non-ortho nitro benzene ring substituents is 1. The Balaban J connectivity index is 1.71. The van der Waals surface area contributed by atoms with Crippen LogP contribution in [0.5, 0.6) is 0 Å². The highest BCUT2D eigenvalue weighted by atomic mass is 16.6. The van der Waals surface area contributed by atoms with Crippen LogP contribution < -0.4 is 5.32 Å². The normalized spacial score (nSPS) is 11.2. The smallest absolute Gasteiger partial charge is 0.305 e. The van der Waals surface area contributed by atoms with Gasteiger partial charge in [0.25, 0.3) is 11.4 Å². The first-order chi connectivity index (χ1) is 26.5. The Morgan fingerprint density at radius 2 is 0.926 bits per heavy atom. The molecule has 0 aliphatic rings. The van der Waals surface area contributed by atoms with Gasteiger partial charge in [-0.3, -0.25) is 25.0 Å². The summed E-state index contributed by atoms with van der Waals surface area (Å²) in [6.45, 7) is 11.2. The van der Waals surface area contributed by atoms with E-state index in [1.54, 1.807) is 0 Å². The van der Waals surface area contributed by atoms with Crippen molar-refractivity contribution in [3.05, 3.63) is 38.4 Å². The van der Waals surface area contributed by atoms with Crippen LogP contribution in [0, 0.1) is 20.2 Å². The molecule has 1 aromatic carbocycles. The number of unbranched alkanes of at least 4 members (excludes halogenated alkanes) is 3. The third kappa shape index (κ3) is 30.2. The van der Waals surface area contributed by atoms with Gasteiger partial charge in [0.15, 0.2) is 0 Å². The van der Waals surface area contributed by atoms with Gasteiger partial charge in [-0.25, -0.2) is 0 Å². The number of esters is 1. The van der Waals surface area contributed by atoms with Crippen molar-refractivity contribution in [1.82, 2.24) is 0 Å².